The Kier molecular flexibility index (Phi) is 5.30. The van der Waals surface area contributed by atoms with Crippen LogP contribution >= 0.6 is 23.2 Å². The van der Waals surface area contributed by atoms with Crippen LogP contribution in [0.3, 0.4) is 0 Å². The summed E-state index contributed by atoms with van der Waals surface area (Å²) in [6, 6.07) is 2.26. The molecule has 0 heterocycles. The Balaban J connectivity index is 3.03. The highest BCUT2D eigenvalue weighted by atomic mass is 35.5. The summed E-state index contributed by atoms with van der Waals surface area (Å²) >= 11 is 11.3. The summed E-state index contributed by atoms with van der Waals surface area (Å²) in [5.74, 6) is -1.30. The summed E-state index contributed by atoms with van der Waals surface area (Å²) in [5.41, 5.74) is 0. The second-order valence-corrected chi connectivity index (χ2v) is 6.15. The predicted molar refractivity (Wildman–Crippen MR) is 68.9 cm³/mol. The first-order valence-corrected chi connectivity index (χ1v) is 7.14. The van der Waals surface area contributed by atoms with Gasteiger partial charge in [-0.1, -0.05) is 23.2 Å². The lowest BCUT2D eigenvalue weighted by molar-refractivity contribution is -0.138. The molecule has 1 aromatic rings. The van der Waals surface area contributed by atoms with Gasteiger partial charge in [-0.15, -0.1) is 0 Å². The monoisotopic (exact) mass is 325 g/mol. The number of halogens is 2. The van der Waals surface area contributed by atoms with Gasteiger partial charge in [0.25, 0.3) is 0 Å². The third kappa shape index (κ3) is 4.79. The molecule has 0 bridgehead atoms. The van der Waals surface area contributed by atoms with Crippen LogP contribution in [0.1, 0.15) is 6.42 Å². The summed E-state index contributed by atoms with van der Waals surface area (Å²) in [5, 5.41) is 8.75. The molecule has 104 valence electrons. The van der Waals surface area contributed by atoms with Crippen LogP contribution in [0.5, 0.6) is 0 Å². The summed E-state index contributed by atoms with van der Waals surface area (Å²) in [7, 11) is -4.08. The molecule has 0 aliphatic rings. The Morgan fingerprint density at radius 3 is 2.26 bits per heavy atom. The number of nitrogens with one attached hydrogen (secondary N) is 1. The van der Waals surface area contributed by atoms with E-state index in [-0.39, 0.29) is 21.2 Å². The minimum absolute atomic E-state index is 0.105. The minimum Gasteiger partial charge on any atom is -0.481 e. The molecule has 0 saturated carbocycles. The highest BCUT2D eigenvalue weighted by Crippen LogP contribution is 2.22. The fourth-order valence-electron chi connectivity index (χ4n) is 1.26. The molecule has 0 radical (unpaired) electrons. The summed E-state index contributed by atoms with van der Waals surface area (Å²) in [6.45, 7) is 0. The molecular weight excluding hydrogens is 317 g/mol. The van der Waals surface area contributed by atoms with Gasteiger partial charge in [0.1, 0.15) is 6.29 Å². The van der Waals surface area contributed by atoms with E-state index >= 15 is 0 Å². The number of sulfonamides is 1. The van der Waals surface area contributed by atoms with Crippen molar-refractivity contribution >= 4 is 45.5 Å². The Bertz CT molecular complexity index is 582. The SMILES string of the molecule is O=C[C@H](CC(=O)O)NS(=O)(=O)c1cc(Cl)cc(Cl)c1. The summed E-state index contributed by atoms with van der Waals surface area (Å²) in [6.07, 6.45) is -0.450. The lowest BCUT2D eigenvalue weighted by Gasteiger charge is -2.11. The van der Waals surface area contributed by atoms with Gasteiger partial charge in [-0.25, -0.2) is 13.1 Å². The molecule has 6 nitrogen and oxygen atoms in total. The number of aliphatic carboxylic acids is 1. The lowest BCUT2D eigenvalue weighted by Crippen LogP contribution is -2.37. The highest BCUT2D eigenvalue weighted by Gasteiger charge is 2.22. The average molecular weight is 326 g/mol. The van der Waals surface area contributed by atoms with Gasteiger partial charge in [-0.05, 0) is 18.2 Å². The Labute approximate surface area is 119 Å². The highest BCUT2D eigenvalue weighted by molar-refractivity contribution is 7.89. The third-order valence-electron chi connectivity index (χ3n) is 2.01. The number of carboxylic acids is 1. The molecule has 0 unspecified atom stereocenters. The third-order valence-corrected chi connectivity index (χ3v) is 3.92. The number of hydrogen-bond donors (Lipinski definition) is 2. The molecule has 0 spiro atoms. The van der Waals surface area contributed by atoms with Crippen molar-refractivity contribution in [1.29, 1.82) is 0 Å². The Morgan fingerprint density at radius 1 is 1.32 bits per heavy atom. The molecule has 19 heavy (non-hydrogen) atoms. The number of hydrogen-bond acceptors (Lipinski definition) is 4. The van der Waals surface area contributed by atoms with Gasteiger partial charge in [0.2, 0.25) is 10.0 Å². The number of benzene rings is 1. The fraction of sp³-hybridized carbons (Fsp3) is 0.200. The molecule has 0 aliphatic carbocycles. The van der Waals surface area contributed by atoms with E-state index < -0.39 is 28.5 Å². The maximum atomic E-state index is 11.9. The fourth-order valence-corrected chi connectivity index (χ4v) is 3.15. The van der Waals surface area contributed by atoms with E-state index in [0.717, 1.165) is 12.1 Å². The summed E-state index contributed by atoms with van der Waals surface area (Å²) in [4.78, 5) is 20.9. The van der Waals surface area contributed by atoms with E-state index in [0.29, 0.717) is 0 Å². The van der Waals surface area contributed by atoms with Crippen molar-refractivity contribution in [3.05, 3.63) is 28.2 Å². The standard InChI is InChI=1S/C10H9Cl2NO5S/c11-6-1-7(12)3-9(2-6)19(17,18)13-8(5-14)4-10(15)16/h1-3,5,8,13H,4H2,(H,15,16)/t8-/m0/s1. The first-order valence-electron chi connectivity index (χ1n) is 4.90. The zero-order valence-corrected chi connectivity index (χ0v) is 11.7. The molecule has 1 aromatic carbocycles. The number of rotatable bonds is 6. The van der Waals surface area contributed by atoms with Gasteiger partial charge in [0.05, 0.1) is 17.4 Å². The maximum Gasteiger partial charge on any atom is 0.305 e. The zero-order chi connectivity index (χ0) is 14.6. The van der Waals surface area contributed by atoms with E-state index in [9.17, 15) is 18.0 Å². The van der Waals surface area contributed by atoms with Crippen LogP contribution in [-0.2, 0) is 19.6 Å². The average Bonchev–Trinajstić information content (AvgIpc) is 2.25. The van der Waals surface area contributed by atoms with Crippen molar-refractivity contribution in [1.82, 2.24) is 4.72 Å². The van der Waals surface area contributed by atoms with Gasteiger partial charge in [0, 0.05) is 10.0 Å². The Hall–Kier alpha value is -1.15. The first kappa shape index (κ1) is 15.9. The van der Waals surface area contributed by atoms with Crippen molar-refractivity contribution in [2.75, 3.05) is 0 Å². The second kappa shape index (κ2) is 6.33. The van der Waals surface area contributed by atoms with Crippen molar-refractivity contribution in [3.63, 3.8) is 0 Å². The molecule has 0 fully saturated rings. The number of aldehydes is 1. The largest absolute Gasteiger partial charge is 0.481 e. The van der Waals surface area contributed by atoms with Gasteiger partial charge in [-0.3, -0.25) is 4.79 Å². The zero-order valence-electron chi connectivity index (χ0n) is 9.34. The topological polar surface area (TPSA) is 101 Å². The molecule has 9 heteroatoms. The number of carboxylic acid groups (broad SMARTS) is 1. The van der Waals surface area contributed by atoms with Crippen molar-refractivity contribution in [3.8, 4) is 0 Å². The maximum absolute atomic E-state index is 11.9. The van der Waals surface area contributed by atoms with E-state index in [1.165, 1.54) is 6.07 Å². The van der Waals surface area contributed by atoms with Crippen molar-refractivity contribution in [2.24, 2.45) is 0 Å². The van der Waals surface area contributed by atoms with Gasteiger partial charge < -0.3 is 9.90 Å². The van der Waals surface area contributed by atoms with E-state index in [1.807, 2.05) is 4.72 Å². The molecule has 0 aliphatic heterocycles. The molecule has 0 amide bonds. The van der Waals surface area contributed by atoms with Crippen LogP contribution in [0, 0.1) is 0 Å². The van der Waals surface area contributed by atoms with E-state index in [2.05, 4.69) is 0 Å². The number of carbonyl (C=O) groups is 2. The van der Waals surface area contributed by atoms with Crippen LogP contribution in [0.25, 0.3) is 0 Å². The summed E-state index contributed by atoms with van der Waals surface area (Å²) < 4.78 is 25.8. The lowest BCUT2D eigenvalue weighted by atomic mass is 10.2. The molecule has 0 saturated heterocycles. The van der Waals surface area contributed by atoms with Crippen LogP contribution in [0.4, 0.5) is 0 Å². The predicted octanol–water partition coefficient (Wildman–Crippen LogP) is 1.31. The van der Waals surface area contributed by atoms with Crippen LogP contribution in [-0.4, -0.2) is 31.8 Å². The Morgan fingerprint density at radius 2 is 1.84 bits per heavy atom. The van der Waals surface area contributed by atoms with Gasteiger partial charge >= 0.3 is 5.97 Å². The minimum atomic E-state index is -4.08. The normalized spacial score (nSPS) is 12.9. The van der Waals surface area contributed by atoms with Crippen LogP contribution in [0.15, 0.2) is 23.1 Å². The first-order chi connectivity index (χ1) is 8.74. The van der Waals surface area contributed by atoms with E-state index in [1.54, 1.807) is 0 Å². The van der Waals surface area contributed by atoms with Crippen molar-refractivity contribution < 1.29 is 23.1 Å². The van der Waals surface area contributed by atoms with E-state index in [4.69, 9.17) is 28.3 Å². The van der Waals surface area contributed by atoms with Crippen LogP contribution in [0.2, 0.25) is 10.0 Å². The number of carbonyl (C=O) groups excluding carboxylic acids is 1. The molecule has 2 N–H and O–H groups in total. The van der Waals surface area contributed by atoms with Gasteiger partial charge in [-0.2, -0.15) is 0 Å². The smallest absolute Gasteiger partial charge is 0.305 e. The second-order valence-electron chi connectivity index (χ2n) is 3.57. The van der Waals surface area contributed by atoms with Crippen LogP contribution < -0.4 is 4.72 Å². The van der Waals surface area contributed by atoms with Crippen molar-refractivity contribution in [2.45, 2.75) is 17.4 Å². The molecule has 1 atom stereocenters. The molecule has 0 aromatic heterocycles. The molecular formula is C10H9Cl2NO5S. The van der Waals surface area contributed by atoms with Gasteiger partial charge in [0.15, 0.2) is 0 Å². The quantitative estimate of drug-likeness (QED) is 0.768. The molecule has 1 rings (SSSR count).